The molecule has 3 nitrogen and oxygen atoms in total. The standard InChI is InChI=1S/C11H12N2O/c1-7(2)8-4-3-5-9-11(8)12-6-10(14)13-9/h3-7H,1-2H3,(H,13,14). The van der Waals surface area contributed by atoms with E-state index in [2.05, 4.69) is 23.8 Å². The predicted molar refractivity (Wildman–Crippen MR) is 56.5 cm³/mol. The summed E-state index contributed by atoms with van der Waals surface area (Å²) < 4.78 is 0. The summed E-state index contributed by atoms with van der Waals surface area (Å²) in [6, 6.07) is 5.85. The minimum Gasteiger partial charge on any atom is -0.319 e. The van der Waals surface area contributed by atoms with Crippen LogP contribution in [0.15, 0.2) is 29.2 Å². The highest BCUT2D eigenvalue weighted by atomic mass is 16.1. The summed E-state index contributed by atoms with van der Waals surface area (Å²) in [4.78, 5) is 18.0. The zero-order valence-corrected chi connectivity index (χ0v) is 8.24. The van der Waals surface area contributed by atoms with Crippen molar-refractivity contribution < 1.29 is 0 Å². The van der Waals surface area contributed by atoms with Crippen LogP contribution in [0.5, 0.6) is 0 Å². The third-order valence-corrected chi connectivity index (χ3v) is 2.26. The largest absolute Gasteiger partial charge is 0.319 e. The van der Waals surface area contributed by atoms with E-state index in [1.54, 1.807) is 0 Å². The monoisotopic (exact) mass is 188 g/mol. The normalized spacial score (nSPS) is 11.1. The quantitative estimate of drug-likeness (QED) is 0.744. The van der Waals surface area contributed by atoms with Gasteiger partial charge in [-0.05, 0) is 17.5 Å². The van der Waals surface area contributed by atoms with Crippen LogP contribution in [-0.4, -0.2) is 9.97 Å². The minimum atomic E-state index is -0.154. The van der Waals surface area contributed by atoms with Gasteiger partial charge in [-0.3, -0.25) is 4.79 Å². The molecular formula is C11H12N2O. The van der Waals surface area contributed by atoms with Crippen molar-refractivity contribution in [1.82, 2.24) is 9.97 Å². The van der Waals surface area contributed by atoms with Gasteiger partial charge >= 0.3 is 0 Å². The van der Waals surface area contributed by atoms with Crippen LogP contribution in [0.25, 0.3) is 11.0 Å². The maximum atomic E-state index is 11.0. The van der Waals surface area contributed by atoms with Gasteiger partial charge < -0.3 is 4.98 Å². The van der Waals surface area contributed by atoms with Crippen molar-refractivity contribution in [3.05, 3.63) is 40.3 Å². The smallest absolute Gasteiger partial charge is 0.266 e. The van der Waals surface area contributed by atoms with E-state index in [1.165, 1.54) is 11.8 Å². The summed E-state index contributed by atoms with van der Waals surface area (Å²) >= 11 is 0. The molecule has 3 heteroatoms. The van der Waals surface area contributed by atoms with Gasteiger partial charge in [0.15, 0.2) is 0 Å². The van der Waals surface area contributed by atoms with Gasteiger partial charge in [0.1, 0.15) is 0 Å². The number of hydrogen-bond acceptors (Lipinski definition) is 2. The fourth-order valence-electron chi connectivity index (χ4n) is 1.56. The van der Waals surface area contributed by atoms with Crippen LogP contribution in [0.4, 0.5) is 0 Å². The number of aromatic amines is 1. The van der Waals surface area contributed by atoms with Crippen molar-refractivity contribution in [3.8, 4) is 0 Å². The van der Waals surface area contributed by atoms with Gasteiger partial charge in [-0.1, -0.05) is 26.0 Å². The first-order chi connectivity index (χ1) is 6.68. The second-order valence-corrected chi connectivity index (χ2v) is 3.65. The Balaban J connectivity index is 2.81. The molecule has 0 aliphatic heterocycles. The van der Waals surface area contributed by atoms with Gasteiger partial charge in [0.2, 0.25) is 0 Å². The number of rotatable bonds is 1. The molecule has 0 amide bonds. The van der Waals surface area contributed by atoms with Crippen molar-refractivity contribution in [2.45, 2.75) is 19.8 Å². The summed E-state index contributed by atoms with van der Waals surface area (Å²) in [5, 5.41) is 0. The Hall–Kier alpha value is -1.64. The topological polar surface area (TPSA) is 45.8 Å². The van der Waals surface area contributed by atoms with Crippen LogP contribution in [-0.2, 0) is 0 Å². The lowest BCUT2D eigenvalue weighted by Gasteiger charge is -2.07. The number of nitrogens with one attached hydrogen (secondary N) is 1. The SMILES string of the molecule is CC(C)c1cccc2[nH]c(=O)cnc12. The van der Waals surface area contributed by atoms with Crippen LogP contribution < -0.4 is 5.56 Å². The molecule has 1 heterocycles. The Bertz CT molecular complexity index is 514. The van der Waals surface area contributed by atoms with Crippen LogP contribution in [0, 0.1) is 0 Å². The molecule has 0 bridgehead atoms. The summed E-state index contributed by atoms with van der Waals surface area (Å²) in [5.74, 6) is 0.414. The average Bonchev–Trinajstić information content (AvgIpc) is 2.16. The third kappa shape index (κ3) is 1.41. The molecule has 2 rings (SSSR count). The Labute approximate surface area is 81.8 Å². The van der Waals surface area contributed by atoms with Gasteiger partial charge in [-0.2, -0.15) is 0 Å². The van der Waals surface area contributed by atoms with Crippen molar-refractivity contribution in [3.63, 3.8) is 0 Å². The first-order valence-corrected chi connectivity index (χ1v) is 4.66. The molecule has 1 N–H and O–H groups in total. The van der Waals surface area contributed by atoms with Gasteiger partial charge in [-0.25, -0.2) is 4.98 Å². The lowest BCUT2D eigenvalue weighted by Crippen LogP contribution is -2.06. The molecule has 0 radical (unpaired) electrons. The number of H-pyrrole nitrogens is 1. The number of para-hydroxylation sites is 1. The lowest BCUT2D eigenvalue weighted by atomic mass is 10.0. The molecule has 0 saturated carbocycles. The van der Waals surface area contributed by atoms with E-state index in [0.717, 1.165) is 11.0 Å². The number of fused-ring (bicyclic) bond motifs is 1. The average molecular weight is 188 g/mol. The van der Waals surface area contributed by atoms with Gasteiger partial charge in [0, 0.05) is 0 Å². The number of nitrogens with zero attached hydrogens (tertiary/aromatic N) is 1. The molecule has 0 saturated heterocycles. The summed E-state index contributed by atoms with van der Waals surface area (Å²) in [7, 11) is 0. The molecule has 0 spiro atoms. The fraction of sp³-hybridized carbons (Fsp3) is 0.273. The van der Waals surface area contributed by atoms with E-state index in [9.17, 15) is 4.79 Å². The second-order valence-electron chi connectivity index (χ2n) is 3.65. The molecule has 72 valence electrons. The highest BCUT2D eigenvalue weighted by molar-refractivity contribution is 5.77. The molecule has 2 aromatic rings. The van der Waals surface area contributed by atoms with Gasteiger partial charge in [-0.15, -0.1) is 0 Å². The van der Waals surface area contributed by atoms with E-state index >= 15 is 0 Å². The van der Waals surface area contributed by atoms with E-state index in [1.807, 2.05) is 18.2 Å². The Morgan fingerprint density at radius 1 is 1.36 bits per heavy atom. The molecular weight excluding hydrogens is 176 g/mol. The predicted octanol–water partition coefficient (Wildman–Crippen LogP) is 2.05. The molecule has 0 fully saturated rings. The maximum absolute atomic E-state index is 11.0. The van der Waals surface area contributed by atoms with E-state index < -0.39 is 0 Å². The van der Waals surface area contributed by atoms with Crippen LogP contribution >= 0.6 is 0 Å². The number of benzene rings is 1. The minimum absolute atomic E-state index is 0.154. The van der Waals surface area contributed by atoms with Crippen molar-refractivity contribution in [1.29, 1.82) is 0 Å². The van der Waals surface area contributed by atoms with E-state index in [-0.39, 0.29) is 5.56 Å². The molecule has 1 aromatic heterocycles. The lowest BCUT2D eigenvalue weighted by molar-refractivity contribution is 0.871. The van der Waals surface area contributed by atoms with Crippen molar-refractivity contribution in [2.24, 2.45) is 0 Å². The van der Waals surface area contributed by atoms with Gasteiger partial charge in [0.25, 0.3) is 5.56 Å². The summed E-state index contributed by atoms with van der Waals surface area (Å²) in [6.07, 6.45) is 1.33. The number of hydrogen-bond donors (Lipinski definition) is 1. The third-order valence-electron chi connectivity index (χ3n) is 2.26. The molecule has 14 heavy (non-hydrogen) atoms. The Morgan fingerprint density at radius 3 is 2.86 bits per heavy atom. The molecule has 0 unspecified atom stereocenters. The zero-order valence-electron chi connectivity index (χ0n) is 8.24. The fourth-order valence-corrected chi connectivity index (χ4v) is 1.56. The van der Waals surface area contributed by atoms with Crippen molar-refractivity contribution >= 4 is 11.0 Å². The molecule has 0 aliphatic rings. The zero-order chi connectivity index (χ0) is 10.1. The molecule has 0 atom stereocenters. The number of aromatic nitrogens is 2. The Kier molecular flexibility index (Phi) is 2.08. The highest BCUT2D eigenvalue weighted by Crippen LogP contribution is 2.20. The summed E-state index contributed by atoms with van der Waals surface area (Å²) in [5.41, 5.74) is 2.71. The van der Waals surface area contributed by atoms with Crippen LogP contribution in [0.3, 0.4) is 0 Å². The second kappa shape index (κ2) is 3.25. The molecule has 0 aliphatic carbocycles. The van der Waals surface area contributed by atoms with E-state index in [4.69, 9.17) is 0 Å². The highest BCUT2D eigenvalue weighted by Gasteiger charge is 2.05. The van der Waals surface area contributed by atoms with E-state index in [0.29, 0.717) is 5.92 Å². The first kappa shape index (κ1) is 8.94. The maximum Gasteiger partial charge on any atom is 0.266 e. The molecule has 1 aromatic carbocycles. The van der Waals surface area contributed by atoms with Gasteiger partial charge in [0.05, 0.1) is 17.2 Å². The van der Waals surface area contributed by atoms with Crippen LogP contribution in [0.1, 0.15) is 25.3 Å². The summed E-state index contributed by atoms with van der Waals surface area (Å²) in [6.45, 7) is 4.23. The van der Waals surface area contributed by atoms with Crippen molar-refractivity contribution in [2.75, 3.05) is 0 Å². The Morgan fingerprint density at radius 2 is 2.14 bits per heavy atom. The van der Waals surface area contributed by atoms with Crippen LogP contribution in [0.2, 0.25) is 0 Å². The first-order valence-electron chi connectivity index (χ1n) is 4.66.